The largest absolute Gasteiger partial charge is 0.324 e. The molecule has 0 radical (unpaired) electrons. The average Bonchev–Trinajstić information content (AvgIpc) is 2.93. The fraction of sp³-hybridized carbons (Fsp3) is 0.556. The standard InChI is InChI=1S/C18H25Cl2N5O4S/c1-23-6-3-7-24(9-8-23)30(28,29)14-5-2-4-13(10-14)22-16(26)12-25-18(27)17(20)15(19)11-21-25/h2,4-5,10,15,17,21H,3,6-9,11-12H2,1H3,(H,22,26). The summed E-state index contributed by atoms with van der Waals surface area (Å²) < 4.78 is 27.5. The van der Waals surface area contributed by atoms with Gasteiger partial charge in [0.15, 0.2) is 0 Å². The van der Waals surface area contributed by atoms with E-state index in [1.165, 1.54) is 16.4 Å². The highest BCUT2D eigenvalue weighted by atomic mass is 35.5. The zero-order valence-electron chi connectivity index (χ0n) is 16.6. The van der Waals surface area contributed by atoms with Crippen molar-refractivity contribution in [2.24, 2.45) is 0 Å². The Morgan fingerprint density at radius 2 is 2.00 bits per heavy atom. The number of anilines is 1. The van der Waals surface area contributed by atoms with Crippen molar-refractivity contribution in [1.29, 1.82) is 0 Å². The molecule has 12 heteroatoms. The zero-order valence-corrected chi connectivity index (χ0v) is 18.9. The number of hydrogen-bond acceptors (Lipinski definition) is 6. The van der Waals surface area contributed by atoms with Gasteiger partial charge in [-0.15, -0.1) is 23.2 Å². The van der Waals surface area contributed by atoms with E-state index in [9.17, 15) is 18.0 Å². The highest BCUT2D eigenvalue weighted by molar-refractivity contribution is 7.89. The molecule has 2 aliphatic rings. The van der Waals surface area contributed by atoms with Gasteiger partial charge in [0.05, 0.1) is 10.3 Å². The molecule has 166 valence electrons. The second kappa shape index (κ2) is 9.80. The number of carbonyl (C=O) groups excluding carboxylic acids is 2. The topological polar surface area (TPSA) is 102 Å². The van der Waals surface area contributed by atoms with Crippen LogP contribution < -0.4 is 10.7 Å². The Labute approximate surface area is 186 Å². The number of carbonyl (C=O) groups is 2. The van der Waals surface area contributed by atoms with Crippen molar-refractivity contribution < 1.29 is 18.0 Å². The van der Waals surface area contributed by atoms with Gasteiger partial charge < -0.3 is 10.2 Å². The number of hydrazine groups is 1. The minimum Gasteiger partial charge on any atom is -0.324 e. The van der Waals surface area contributed by atoms with Crippen molar-refractivity contribution in [3.05, 3.63) is 24.3 Å². The molecule has 0 bridgehead atoms. The monoisotopic (exact) mass is 477 g/mol. The van der Waals surface area contributed by atoms with E-state index >= 15 is 0 Å². The SMILES string of the molecule is CN1CCCN(S(=O)(=O)c2cccc(NC(=O)CN3NCC(Cl)C(Cl)C3=O)c2)CC1. The van der Waals surface area contributed by atoms with E-state index in [1.54, 1.807) is 12.1 Å². The van der Waals surface area contributed by atoms with Crippen LogP contribution in [0.3, 0.4) is 0 Å². The van der Waals surface area contributed by atoms with Gasteiger partial charge in [-0.3, -0.25) is 14.6 Å². The van der Waals surface area contributed by atoms with Crippen molar-refractivity contribution in [3.8, 4) is 0 Å². The van der Waals surface area contributed by atoms with Crippen LogP contribution in [0.25, 0.3) is 0 Å². The lowest BCUT2D eigenvalue weighted by atomic mass is 10.2. The molecule has 0 spiro atoms. The second-order valence-electron chi connectivity index (χ2n) is 7.34. The Morgan fingerprint density at radius 1 is 1.23 bits per heavy atom. The van der Waals surface area contributed by atoms with Crippen LogP contribution in [-0.4, -0.2) is 91.5 Å². The summed E-state index contributed by atoms with van der Waals surface area (Å²) in [6.45, 7) is 2.36. The van der Waals surface area contributed by atoms with Crippen LogP contribution in [0.1, 0.15) is 6.42 Å². The van der Waals surface area contributed by atoms with Crippen molar-refractivity contribution >= 4 is 50.7 Å². The van der Waals surface area contributed by atoms with E-state index in [1.807, 2.05) is 7.05 Å². The first-order valence-corrected chi connectivity index (χ1v) is 11.9. The van der Waals surface area contributed by atoms with Crippen molar-refractivity contribution in [1.82, 2.24) is 19.6 Å². The minimum atomic E-state index is -3.67. The van der Waals surface area contributed by atoms with Gasteiger partial charge in [-0.2, -0.15) is 4.31 Å². The van der Waals surface area contributed by atoms with E-state index < -0.39 is 32.6 Å². The number of hydrogen-bond donors (Lipinski definition) is 2. The number of halogens is 2. The Morgan fingerprint density at radius 3 is 2.77 bits per heavy atom. The highest BCUT2D eigenvalue weighted by Gasteiger charge is 2.35. The highest BCUT2D eigenvalue weighted by Crippen LogP contribution is 2.21. The summed E-state index contributed by atoms with van der Waals surface area (Å²) >= 11 is 11.9. The number of rotatable bonds is 5. The third-order valence-corrected chi connectivity index (χ3v) is 7.95. The van der Waals surface area contributed by atoms with E-state index in [0.717, 1.165) is 18.0 Å². The number of nitrogens with one attached hydrogen (secondary N) is 2. The molecule has 2 fully saturated rings. The van der Waals surface area contributed by atoms with Crippen molar-refractivity contribution in [3.63, 3.8) is 0 Å². The summed E-state index contributed by atoms with van der Waals surface area (Å²) in [7, 11) is -1.70. The summed E-state index contributed by atoms with van der Waals surface area (Å²) in [6.07, 6.45) is 0.758. The lowest BCUT2D eigenvalue weighted by Gasteiger charge is -2.32. The van der Waals surface area contributed by atoms with E-state index in [4.69, 9.17) is 23.2 Å². The van der Waals surface area contributed by atoms with Crippen molar-refractivity contribution in [2.45, 2.75) is 22.1 Å². The smallest absolute Gasteiger partial charge is 0.256 e. The molecule has 2 atom stereocenters. The predicted octanol–water partition coefficient (Wildman–Crippen LogP) is 0.513. The molecule has 2 heterocycles. The summed E-state index contributed by atoms with van der Waals surface area (Å²) in [5, 5.41) is 2.27. The third-order valence-electron chi connectivity index (χ3n) is 5.03. The summed E-state index contributed by atoms with van der Waals surface area (Å²) in [4.78, 5) is 26.7. The second-order valence-corrected chi connectivity index (χ2v) is 10.3. The van der Waals surface area contributed by atoms with Gasteiger partial charge in [0.25, 0.3) is 5.91 Å². The van der Waals surface area contributed by atoms with Gasteiger partial charge in [-0.25, -0.2) is 13.8 Å². The van der Waals surface area contributed by atoms with Crippen molar-refractivity contribution in [2.75, 3.05) is 51.6 Å². The Bertz CT molecular complexity index is 900. The molecule has 2 saturated heterocycles. The van der Waals surface area contributed by atoms with Gasteiger partial charge in [-0.05, 0) is 38.2 Å². The molecule has 30 heavy (non-hydrogen) atoms. The summed E-state index contributed by atoms with van der Waals surface area (Å²) in [6, 6.07) is 6.10. The minimum absolute atomic E-state index is 0.114. The zero-order chi connectivity index (χ0) is 21.9. The van der Waals surface area contributed by atoms with Crippen LogP contribution in [-0.2, 0) is 19.6 Å². The number of benzene rings is 1. The lowest BCUT2D eigenvalue weighted by Crippen LogP contribution is -2.58. The van der Waals surface area contributed by atoms with Gasteiger partial charge >= 0.3 is 0 Å². The van der Waals surface area contributed by atoms with E-state index in [0.29, 0.717) is 25.3 Å². The van der Waals surface area contributed by atoms with Crippen LogP contribution in [0.5, 0.6) is 0 Å². The van der Waals surface area contributed by atoms with Gasteiger partial charge in [0.1, 0.15) is 11.9 Å². The first-order chi connectivity index (χ1) is 14.2. The number of nitrogens with zero attached hydrogens (tertiary/aromatic N) is 3. The molecule has 3 rings (SSSR count). The molecular weight excluding hydrogens is 453 g/mol. The van der Waals surface area contributed by atoms with Crippen LogP contribution in [0, 0.1) is 0 Å². The van der Waals surface area contributed by atoms with Crippen LogP contribution >= 0.6 is 23.2 Å². The fourth-order valence-corrected chi connectivity index (χ4v) is 5.21. The lowest BCUT2D eigenvalue weighted by molar-refractivity contribution is -0.139. The van der Waals surface area contributed by atoms with E-state index in [-0.39, 0.29) is 18.0 Å². The number of amides is 2. The van der Waals surface area contributed by atoms with Crippen LogP contribution in [0.2, 0.25) is 0 Å². The average molecular weight is 478 g/mol. The maximum Gasteiger partial charge on any atom is 0.256 e. The van der Waals surface area contributed by atoms with Gasteiger partial charge in [-0.1, -0.05) is 6.07 Å². The number of alkyl halides is 2. The maximum atomic E-state index is 13.0. The fourth-order valence-electron chi connectivity index (χ4n) is 3.31. The quantitative estimate of drug-likeness (QED) is 0.599. The van der Waals surface area contributed by atoms with Crippen LogP contribution in [0.4, 0.5) is 5.69 Å². The number of likely N-dealkylation sites (N-methyl/N-ethyl adjacent to an activating group) is 1. The molecule has 9 nitrogen and oxygen atoms in total. The number of sulfonamides is 1. The first-order valence-electron chi connectivity index (χ1n) is 9.60. The predicted molar refractivity (Wildman–Crippen MR) is 115 cm³/mol. The Hall–Kier alpha value is -1.43. The van der Waals surface area contributed by atoms with E-state index in [2.05, 4.69) is 15.6 Å². The molecule has 0 aliphatic carbocycles. The summed E-state index contributed by atoms with van der Waals surface area (Å²) in [5.74, 6) is -0.973. The van der Waals surface area contributed by atoms with Gasteiger partial charge in [0, 0.05) is 31.9 Å². The molecule has 0 aromatic heterocycles. The third kappa shape index (κ3) is 5.43. The molecule has 2 N–H and O–H groups in total. The molecular formula is C18H25Cl2N5O4S. The normalized spacial score (nSPS) is 24.5. The first kappa shape index (κ1) is 23.2. The summed E-state index contributed by atoms with van der Waals surface area (Å²) in [5.41, 5.74) is 3.08. The van der Waals surface area contributed by atoms with Crippen LogP contribution in [0.15, 0.2) is 29.2 Å². The molecule has 2 aliphatic heterocycles. The molecule has 1 aromatic carbocycles. The Balaban J connectivity index is 1.66. The molecule has 0 saturated carbocycles. The Kier molecular flexibility index (Phi) is 7.59. The molecule has 1 aromatic rings. The van der Waals surface area contributed by atoms with Gasteiger partial charge in [0.2, 0.25) is 15.9 Å². The maximum absolute atomic E-state index is 13.0. The molecule has 2 amide bonds. The molecule has 2 unspecified atom stereocenters.